The lowest BCUT2D eigenvalue weighted by Gasteiger charge is -2.14. The molecule has 1 unspecified atom stereocenters. The zero-order valence-electron chi connectivity index (χ0n) is 10.5. The quantitative estimate of drug-likeness (QED) is 0.869. The predicted octanol–water partition coefficient (Wildman–Crippen LogP) is 1.11. The van der Waals surface area contributed by atoms with Crippen molar-refractivity contribution in [2.24, 2.45) is 0 Å². The molecule has 18 heavy (non-hydrogen) atoms. The maximum Gasteiger partial charge on any atom is 0.231 e. The summed E-state index contributed by atoms with van der Waals surface area (Å²) in [4.78, 5) is 0. The van der Waals surface area contributed by atoms with Crippen LogP contribution >= 0.6 is 0 Å². The molecule has 0 aliphatic carbocycles. The van der Waals surface area contributed by atoms with Crippen molar-refractivity contribution in [2.45, 2.75) is 13.0 Å². The van der Waals surface area contributed by atoms with Gasteiger partial charge in [0.2, 0.25) is 6.79 Å². The molecule has 0 spiro atoms. The van der Waals surface area contributed by atoms with Crippen LogP contribution < -0.4 is 14.8 Å². The van der Waals surface area contributed by atoms with Gasteiger partial charge in [-0.05, 0) is 24.6 Å². The van der Waals surface area contributed by atoms with E-state index in [9.17, 15) is 8.42 Å². The van der Waals surface area contributed by atoms with Crippen LogP contribution in [0, 0.1) is 0 Å². The van der Waals surface area contributed by atoms with E-state index >= 15 is 0 Å². The largest absolute Gasteiger partial charge is 0.454 e. The van der Waals surface area contributed by atoms with Gasteiger partial charge in [-0.2, -0.15) is 0 Å². The maximum atomic E-state index is 11.0. The minimum atomic E-state index is -2.92. The number of rotatable bonds is 5. The number of benzene rings is 1. The van der Waals surface area contributed by atoms with E-state index in [2.05, 4.69) is 5.32 Å². The van der Waals surface area contributed by atoms with Crippen LogP contribution in [0.3, 0.4) is 0 Å². The topological polar surface area (TPSA) is 64.6 Å². The average molecular weight is 271 g/mol. The second-order valence-electron chi connectivity index (χ2n) is 4.42. The summed E-state index contributed by atoms with van der Waals surface area (Å²) < 4.78 is 32.6. The van der Waals surface area contributed by atoms with Gasteiger partial charge in [0.25, 0.3) is 0 Å². The van der Waals surface area contributed by atoms with Crippen LogP contribution in [0.15, 0.2) is 18.2 Å². The van der Waals surface area contributed by atoms with Gasteiger partial charge in [-0.1, -0.05) is 6.07 Å². The predicted molar refractivity (Wildman–Crippen MR) is 68.7 cm³/mol. The highest BCUT2D eigenvalue weighted by Crippen LogP contribution is 2.33. The van der Waals surface area contributed by atoms with Gasteiger partial charge in [-0.25, -0.2) is 8.42 Å². The van der Waals surface area contributed by atoms with E-state index in [0.717, 1.165) is 17.1 Å². The number of fused-ring (bicyclic) bond motifs is 1. The first-order valence-corrected chi connectivity index (χ1v) is 7.82. The van der Waals surface area contributed by atoms with Gasteiger partial charge >= 0.3 is 0 Å². The normalized spacial score (nSPS) is 15.7. The van der Waals surface area contributed by atoms with E-state index in [1.807, 2.05) is 25.1 Å². The number of hydrogen-bond acceptors (Lipinski definition) is 5. The number of sulfone groups is 1. The Bertz CT molecular complexity index is 527. The van der Waals surface area contributed by atoms with Gasteiger partial charge in [0.15, 0.2) is 11.5 Å². The highest BCUT2D eigenvalue weighted by atomic mass is 32.2. The summed E-state index contributed by atoms with van der Waals surface area (Å²) in [5.41, 5.74) is 1.05. The molecular formula is C12H17NO4S. The summed E-state index contributed by atoms with van der Waals surface area (Å²) in [7, 11) is -2.92. The molecule has 1 aliphatic rings. The Morgan fingerprint density at radius 3 is 2.78 bits per heavy atom. The van der Waals surface area contributed by atoms with Gasteiger partial charge < -0.3 is 14.8 Å². The van der Waals surface area contributed by atoms with Crippen molar-refractivity contribution in [1.29, 1.82) is 0 Å². The molecule has 0 fully saturated rings. The molecule has 1 aromatic carbocycles. The van der Waals surface area contributed by atoms with E-state index in [1.165, 1.54) is 6.26 Å². The minimum absolute atomic E-state index is 0.0706. The highest BCUT2D eigenvalue weighted by Gasteiger charge is 2.15. The third kappa shape index (κ3) is 3.36. The summed E-state index contributed by atoms with van der Waals surface area (Å²) in [6.45, 7) is 2.68. The Morgan fingerprint density at radius 1 is 1.33 bits per heavy atom. The lowest BCUT2D eigenvalue weighted by Crippen LogP contribution is -2.25. The van der Waals surface area contributed by atoms with Crippen LogP contribution in [0.5, 0.6) is 11.5 Å². The van der Waals surface area contributed by atoms with Crippen molar-refractivity contribution in [3.8, 4) is 11.5 Å². The van der Waals surface area contributed by atoms with E-state index in [1.54, 1.807) is 0 Å². The molecule has 0 saturated carbocycles. The Labute approximate surface area is 107 Å². The molecule has 0 amide bonds. The zero-order valence-corrected chi connectivity index (χ0v) is 11.3. The van der Waals surface area contributed by atoms with Crippen molar-refractivity contribution < 1.29 is 17.9 Å². The number of ether oxygens (including phenoxy) is 2. The fourth-order valence-corrected chi connectivity index (χ4v) is 2.25. The third-order valence-electron chi connectivity index (χ3n) is 2.82. The van der Waals surface area contributed by atoms with Crippen molar-refractivity contribution in [3.05, 3.63) is 23.8 Å². The highest BCUT2D eigenvalue weighted by molar-refractivity contribution is 7.90. The molecule has 1 atom stereocenters. The van der Waals surface area contributed by atoms with E-state index in [-0.39, 0.29) is 18.6 Å². The lowest BCUT2D eigenvalue weighted by molar-refractivity contribution is 0.174. The van der Waals surface area contributed by atoms with E-state index in [0.29, 0.717) is 6.54 Å². The average Bonchev–Trinajstić information content (AvgIpc) is 2.73. The van der Waals surface area contributed by atoms with E-state index < -0.39 is 9.84 Å². The van der Waals surface area contributed by atoms with Crippen LogP contribution in [0.4, 0.5) is 0 Å². The monoisotopic (exact) mass is 271 g/mol. The second-order valence-corrected chi connectivity index (χ2v) is 6.68. The molecule has 0 radical (unpaired) electrons. The van der Waals surface area contributed by atoms with Gasteiger partial charge in [0, 0.05) is 18.8 Å². The molecule has 0 saturated heterocycles. The molecule has 6 heteroatoms. The molecule has 100 valence electrons. The first-order valence-electron chi connectivity index (χ1n) is 5.76. The smallest absolute Gasteiger partial charge is 0.231 e. The second kappa shape index (κ2) is 5.16. The number of nitrogens with one attached hydrogen (secondary N) is 1. The summed E-state index contributed by atoms with van der Waals surface area (Å²) >= 11 is 0. The lowest BCUT2D eigenvalue weighted by atomic mass is 10.1. The van der Waals surface area contributed by atoms with Crippen LogP contribution in [-0.2, 0) is 9.84 Å². The van der Waals surface area contributed by atoms with Crippen LogP contribution in [0.1, 0.15) is 18.5 Å². The Balaban J connectivity index is 1.95. The van der Waals surface area contributed by atoms with Crippen molar-refractivity contribution in [3.63, 3.8) is 0 Å². The third-order valence-corrected chi connectivity index (χ3v) is 3.77. The van der Waals surface area contributed by atoms with Gasteiger partial charge in [-0.3, -0.25) is 0 Å². The molecule has 0 aromatic heterocycles. The van der Waals surface area contributed by atoms with Gasteiger partial charge in [0.05, 0.1) is 5.75 Å². The van der Waals surface area contributed by atoms with Crippen molar-refractivity contribution in [1.82, 2.24) is 5.32 Å². The summed E-state index contributed by atoms with van der Waals surface area (Å²) in [5.74, 6) is 1.63. The molecule has 1 aliphatic heterocycles. The van der Waals surface area contributed by atoms with Gasteiger partial charge in [0.1, 0.15) is 9.84 Å². The Kier molecular flexibility index (Phi) is 3.77. The zero-order chi connectivity index (χ0) is 13.2. The first-order chi connectivity index (χ1) is 8.46. The fraction of sp³-hybridized carbons (Fsp3) is 0.500. The van der Waals surface area contributed by atoms with Gasteiger partial charge in [-0.15, -0.1) is 0 Å². The summed E-state index contributed by atoms with van der Waals surface area (Å²) in [6.07, 6.45) is 1.24. The van der Waals surface area contributed by atoms with Crippen molar-refractivity contribution in [2.75, 3.05) is 25.3 Å². The minimum Gasteiger partial charge on any atom is -0.454 e. The van der Waals surface area contributed by atoms with Crippen LogP contribution in [0.25, 0.3) is 0 Å². The molecule has 1 N–H and O–H groups in total. The van der Waals surface area contributed by atoms with Crippen molar-refractivity contribution >= 4 is 9.84 Å². The van der Waals surface area contributed by atoms with Crippen LogP contribution in [-0.4, -0.2) is 33.8 Å². The Morgan fingerprint density at radius 2 is 2.06 bits per heavy atom. The molecular weight excluding hydrogens is 254 g/mol. The molecule has 1 aromatic rings. The standard InChI is InChI=1S/C12H17NO4S/c1-9(13-5-6-18(2,14)15)10-3-4-11-12(7-10)17-8-16-11/h3-4,7,9,13H,5-6,8H2,1-2H3. The molecule has 0 bridgehead atoms. The van der Waals surface area contributed by atoms with Crippen LogP contribution in [0.2, 0.25) is 0 Å². The first kappa shape index (κ1) is 13.2. The maximum absolute atomic E-state index is 11.0. The SMILES string of the molecule is CC(NCCS(C)(=O)=O)c1ccc2c(c1)OCO2. The number of hydrogen-bond donors (Lipinski definition) is 1. The summed E-state index contributed by atoms with van der Waals surface area (Å²) in [5, 5.41) is 3.17. The Hall–Kier alpha value is -1.27. The molecule has 1 heterocycles. The fourth-order valence-electron chi connectivity index (χ4n) is 1.76. The summed E-state index contributed by atoms with van der Waals surface area (Å²) in [6, 6.07) is 5.81. The molecule has 5 nitrogen and oxygen atoms in total. The van der Waals surface area contributed by atoms with E-state index in [4.69, 9.17) is 9.47 Å². The molecule has 2 rings (SSSR count).